The van der Waals surface area contributed by atoms with E-state index in [9.17, 15) is 4.79 Å². The molecule has 2 aliphatic heterocycles. The van der Waals surface area contributed by atoms with E-state index >= 15 is 0 Å². The third-order valence-corrected chi connectivity index (χ3v) is 6.24. The van der Waals surface area contributed by atoms with Gasteiger partial charge in [-0.05, 0) is 31.4 Å². The normalized spacial score (nSPS) is 21.5. The van der Waals surface area contributed by atoms with Crippen LogP contribution in [0.2, 0.25) is 0 Å². The molecule has 0 saturated carbocycles. The second kappa shape index (κ2) is 11.1. The zero-order valence-electron chi connectivity index (χ0n) is 17.2. The molecular weight excluding hydrogens is 399 g/mol. The van der Waals surface area contributed by atoms with Gasteiger partial charge in [-0.2, -0.15) is 0 Å². The average Bonchev–Trinajstić information content (AvgIpc) is 3.02. The zero-order valence-corrected chi connectivity index (χ0v) is 18.8. The molecule has 2 saturated heterocycles. The molecule has 2 aliphatic rings. The Bertz CT molecular complexity index is 617. The highest BCUT2D eigenvalue weighted by molar-refractivity contribution is 5.85. The fourth-order valence-electron chi connectivity index (χ4n) is 4.26. The van der Waals surface area contributed by atoms with E-state index in [0.29, 0.717) is 0 Å². The van der Waals surface area contributed by atoms with E-state index in [4.69, 9.17) is 9.47 Å². The summed E-state index contributed by atoms with van der Waals surface area (Å²) in [5, 5.41) is 0. The minimum absolute atomic E-state index is 0. The number of cyclic esters (lactones) is 1. The Morgan fingerprint density at radius 2 is 1.75 bits per heavy atom. The number of carbonyl (C=O) groups is 1. The third kappa shape index (κ3) is 5.25. The number of esters is 1. The van der Waals surface area contributed by atoms with Crippen molar-refractivity contribution in [2.45, 2.75) is 45.6 Å². The molecule has 2 heterocycles. The number of benzene rings is 1. The number of nitrogens with zero attached hydrogens (tertiary/aromatic N) is 2. The third-order valence-electron chi connectivity index (χ3n) is 6.24. The number of anilines is 1. The number of ether oxygens (including phenoxy) is 2. The van der Waals surface area contributed by atoms with Crippen LogP contribution in [0, 0.1) is 5.41 Å². The monoisotopic (exact) mass is 432 g/mol. The van der Waals surface area contributed by atoms with Crippen LogP contribution in [0.15, 0.2) is 24.3 Å². The average molecular weight is 433 g/mol. The highest BCUT2D eigenvalue weighted by Crippen LogP contribution is 2.41. The predicted octanol–water partition coefficient (Wildman–Crippen LogP) is 4.17. The Kier molecular flexibility index (Phi) is 9.88. The van der Waals surface area contributed by atoms with Crippen molar-refractivity contribution in [3.05, 3.63) is 24.3 Å². The van der Waals surface area contributed by atoms with Crippen molar-refractivity contribution in [2.75, 3.05) is 44.7 Å². The Morgan fingerprint density at radius 1 is 1.11 bits per heavy atom. The fraction of sp³-hybridized carbons (Fsp3) is 0.667. The number of methoxy groups -OCH3 is 1. The van der Waals surface area contributed by atoms with Gasteiger partial charge in [-0.3, -0.25) is 9.69 Å². The summed E-state index contributed by atoms with van der Waals surface area (Å²) in [4.78, 5) is 17.1. The van der Waals surface area contributed by atoms with Gasteiger partial charge in [0.05, 0.1) is 18.2 Å². The fourth-order valence-corrected chi connectivity index (χ4v) is 4.26. The minimum atomic E-state index is -0.229. The second-order valence-electron chi connectivity index (χ2n) is 7.51. The number of halogens is 2. The van der Waals surface area contributed by atoms with Crippen LogP contribution in [0.3, 0.4) is 0 Å². The molecule has 0 spiro atoms. The molecule has 0 aromatic heterocycles. The largest absolute Gasteiger partial charge is 0.495 e. The van der Waals surface area contributed by atoms with Crippen LogP contribution in [0.25, 0.3) is 0 Å². The molecule has 28 heavy (non-hydrogen) atoms. The van der Waals surface area contributed by atoms with Gasteiger partial charge in [0.1, 0.15) is 11.9 Å². The highest BCUT2D eigenvalue weighted by atomic mass is 35.5. The lowest BCUT2D eigenvalue weighted by Gasteiger charge is -2.36. The SMILES string of the molecule is CCC1(CC)CC(CCN2CCN(c3ccccc3OC)CC2)OC1=O.Cl.Cl. The first-order valence-corrected chi connectivity index (χ1v) is 9.93. The van der Waals surface area contributed by atoms with Crippen LogP contribution >= 0.6 is 24.8 Å². The first kappa shape index (κ1) is 24.9. The number of carbonyl (C=O) groups excluding carboxylic acids is 1. The van der Waals surface area contributed by atoms with Crippen molar-refractivity contribution in [1.82, 2.24) is 4.90 Å². The second-order valence-corrected chi connectivity index (χ2v) is 7.51. The van der Waals surface area contributed by atoms with Gasteiger partial charge < -0.3 is 14.4 Å². The molecule has 0 aliphatic carbocycles. The Hall–Kier alpha value is -1.17. The first-order valence-electron chi connectivity index (χ1n) is 9.93. The number of hydrogen-bond acceptors (Lipinski definition) is 5. The van der Waals surface area contributed by atoms with Gasteiger partial charge in [0.2, 0.25) is 0 Å². The molecular formula is C21H34Cl2N2O3. The van der Waals surface area contributed by atoms with Crippen molar-refractivity contribution in [3.63, 3.8) is 0 Å². The topological polar surface area (TPSA) is 42.0 Å². The molecule has 0 amide bonds. The van der Waals surface area contributed by atoms with Gasteiger partial charge in [0, 0.05) is 39.1 Å². The maximum Gasteiger partial charge on any atom is 0.312 e. The summed E-state index contributed by atoms with van der Waals surface area (Å²) in [7, 11) is 1.73. The maximum absolute atomic E-state index is 12.2. The quantitative estimate of drug-likeness (QED) is 0.604. The van der Waals surface area contributed by atoms with E-state index in [-0.39, 0.29) is 42.3 Å². The molecule has 3 rings (SSSR count). The number of piperazine rings is 1. The Balaban J connectivity index is 0.00000196. The summed E-state index contributed by atoms with van der Waals surface area (Å²) in [6.07, 6.45) is 3.70. The van der Waals surface area contributed by atoms with Crippen LogP contribution < -0.4 is 9.64 Å². The van der Waals surface area contributed by atoms with Gasteiger partial charge in [-0.15, -0.1) is 24.8 Å². The van der Waals surface area contributed by atoms with Gasteiger partial charge in [-0.25, -0.2) is 0 Å². The van der Waals surface area contributed by atoms with Crippen LogP contribution in [0.1, 0.15) is 39.5 Å². The summed E-state index contributed by atoms with van der Waals surface area (Å²) in [5.74, 6) is 0.961. The molecule has 0 radical (unpaired) electrons. The van der Waals surface area contributed by atoms with E-state index in [1.165, 1.54) is 5.69 Å². The van der Waals surface area contributed by atoms with Crippen LogP contribution in [0.4, 0.5) is 5.69 Å². The van der Waals surface area contributed by atoms with Crippen molar-refractivity contribution in [1.29, 1.82) is 0 Å². The van der Waals surface area contributed by atoms with E-state index in [1.54, 1.807) is 7.11 Å². The molecule has 5 nitrogen and oxygen atoms in total. The molecule has 0 N–H and O–H groups in total. The Labute approximate surface area is 181 Å². The summed E-state index contributed by atoms with van der Waals surface area (Å²) < 4.78 is 11.2. The Morgan fingerprint density at radius 3 is 2.32 bits per heavy atom. The van der Waals surface area contributed by atoms with Crippen molar-refractivity contribution in [2.24, 2.45) is 5.41 Å². The van der Waals surface area contributed by atoms with Crippen molar-refractivity contribution >= 4 is 36.5 Å². The molecule has 1 aromatic rings. The number of rotatable bonds is 7. The highest BCUT2D eigenvalue weighted by Gasteiger charge is 2.46. The molecule has 160 valence electrons. The molecule has 0 bridgehead atoms. The maximum atomic E-state index is 12.2. The standard InChI is InChI=1S/C21H32N2O3.2ClH/c1-4-21(5-2)16-17(26-20(21)24)10-11-22-12-14-23(15-13-22)18-8-6-7-9-19(18)25-3;;/h6-9,17H,4-5,10-16H2,1-3H3;2*1H. The van der Waals surface area contributed by atoms with Gasteiger partial charge in [0.15, 0.2) is 0 Å². The molecule has 1 unspecified atom stereocenters. The first-order chi connectivity index (χ1) is 12.6. The van der Waals surface area contributed by atoms with Gasteiger partial charge in [0.25, 0.3) is 0 Å². The van der Waals surface area contributed by atoms with E-state index in [0.717, 1.165) is 64.2 Å². The number of hydrogen-bond donors (Lipinski definition) is 0. The molecule has 1 aromatic carbocycles. The smallest absolute Gasteiger partial charge is 0.312 e. The van der Waals surface area contributed by atoms with Crippen molar-refractivity contribution < 1.29 is 14.3 Å². The summed E-state index contributed by atoms with van der Waals surface area (Å²) >= 11 is 0. The lowest BCUT2D eigenvalue weighted by Crippen LogP contribution is -2.47. The number of para-hydroxylation sites is 2. The van der Waals surface area contributed by atoms with Crippen LogP contribution in [-0.4, -0.2) is 56.8 Å². The summed E-state index contributed by atoms with van der Waals surface area (Å²) in [6.45, 7) is 9.27. The minimum Gasteiger partial charge on any atom is -0.495 e. The molecule has 7 heteroatoms. The predicted molar refractivity (Wildman–Crippen MR) is 118 cm³/mol. The van der Waals surface area contributed by atoms with Crippen LogP contribution in [-0.2, 0) is 9.53 Å². The van der Waals surface area contributed by atoms with E-state index < -0.39 is 0 Å². The zero-order chi connectivity index (χ0) is 18.6. The van der Waals surface area contributed by atoms with Crippen LogP contribution in [0.5, 0.6) is 5.75 Å². The van der Waals surface area contributed by atoms with Gasteiger partial charge >= 0.3 is 5.97 Å². The molecule has 1 atom stereocenters. The summed E-state index contributed by atoms with van der Waals surface area (Å²) in [5.41, 5.74) is 0.947. The van der Waals surface area contributed by atoms with Gasteiger partial charge in [-0.1, -0.05) is 26.0 Å². The summed E-state index contributed by atoms with van der Waals surface area (Å²) in [6, 6.07) is 8.21. The lowest BCUT2D eigenvalue weighted by atomic mass is 9.79. The van der Waals surface area contributed by atoms with E-state index in [1.807, 2.05) is 12.1 Å². The molecule has 2 fully saturated rings. The lowest BCUT2D eigenvalue weighted by molar-refractivity contribution is -0.149. The van der Waals surface area contributed by atoms with E-state index in [2.05, 4.69) is 35.8 Å². The van der Waals surface area contributed by atoms with Crippen molar-refractivity contribution in [3.8, 4) is 5.75 Å².